The second-order valence-corrected chi connectivity index (χ2v) is 6.40. The number of piperidine rings is 1. The summed E-state index contributed by atoms with van der Waals surface area (Å²) in [5, 5.41) is 3.73. The lowest BCUT2D eigenvalue weighted by molar-refractivity contribution is 0.114. The molecule has 1 N–H and O–H groups in total. The summed E-state index contributed by atoms with van der Waals surface area (Å²) in [6.45, 7) is 5.80. The van der Waals surface area contributed by atoms with Gasteiger partial charge >= 0.3 is 0 Å². The van der Waals surface area contributed by atoms with Crippen LogP contribution in [0.2, 0.25) is 0 Å². The smallest absolute Gasteiger partial charge is 0.0945 e. The Morgan fingerprint density at radius 3 is 2.65 bits per heavy atom. The largest absolute Gasteiger partial charge is 0.337 e. The number of aryl methyl sites for hydroxylation is 1. The van der Waals surface area contributed by atoms with Crippen molar-refractivity contribution in [2.24, 2.45) is 0 Å². The van der Waals surface area contributed by atoms with Gasteiger partial charge in [-0.25, -0.2) is 4.98 Å². The van der Waals surface area contributed by atoms with E-state index >= 15 is 0 Å². The van der Waals surface area contributed by atoms with Gasteiger partial charge in [-0.3, -0.25) is 4.90 Å². The molecule has 1 aromatic rings. The van der Waals surface area contributed by atoms with E-state index in [-0.39, 0.29) is 0 Å². The Hall–Kier alpha value is -0.870. The minimum absolute atomic E-state index is 0.775. The fourth-order valence-corrected chi connectivity index (χ4v) is 4.01. The van der Waals surface area contributed by atoms with Gasteiger partial charge in [-0.1, -0.05) is 6.92 Å². The van der Waals surface area contributed by atoms with Crippen molar-refractivity contribution in [2.75, 3.05) is 13.1 Å². The number of fused-ring (bicyclic) bond motifs is 2. The maximum absolute atomic E-state index is 4.11. The lowest BCUT2D eigenvalue weighted by atomic mass is 9.97. The molecule has 0 spiro atoms. The first kappa shape index (κ1) is 14.1. The van der Waals surface area contributed by atoms with Crippen LogP contribution in [0, 0.1) is 0 Å². The van der Waals surface area contributed by atoms with Gasteiger partial charge in [-0.2, -0.15) is 0 Å². The summed E-state index contributed by atoms with van der Waals surface area (Å²) in [6, 6.07) is 2.45. The van der Waals surface area contributed by atoms with E-state index < -0.39 is 0 Å². The molecule has 0 aliphatic carbocycles. The highest BCUT2D eigenvalue weighted by Gasteiger charge is 2.39. The summed E-state index contributed by atoms with van der Waals surface area (Å²) < 4.78 is 2.19. The van der Waals surface area contributed by atoms with Crippen molar-refractivity contribution in [2.45, 2.75) is 70.1 Å². The number of hydrogen-bond donors (Lipinski definition) is 1. The third-order valence-electron chi connectivity index (χ3n) is 4.96. The summed E-state index contributed by atoms with van der Waals surface area (Å²) in [4.78, 5) is 6.90. The van der Waals surface area contributed by atoms with Crippen LogP contribution >= 0.6 is 0 Å². The second kappa shape index (κ2) is 6.72. The highest BCUT2D eigenvalue weighted by Crippen LogP contribution is 2.35. The monoisotopic (exact) mass is 276 g/mol. The van der Waals surface area contributed by atoms with Gasteiger partial charge in [-0.05, 0) is 45.1 Å². The Kier molecular flexibility index (Phi) is 4.73. The van der Waals surface area contributed by atoms with Crippen LogP contribution in [0.25, 0.3) is 0 Å². The molecule has 2 atom stereocenters. The van der Waals surface area contributed by atoms with Crippen molar-refractivity contribution in [1.29, 1.82) is 0 Å². The van der Waals surface area contributed by atoms with Gasteiger partial charge in [0.1, 0.15) is 0 Å². The lowest BCUT2D eigenvalue weighted by Gasteiger charge is -2.39. The van der Waals surface area contributed by atoms with Crippen LogP contribution < -0.4 is 5.32 Å². The average Bonchev–Trinajstić information content (AvgIpc) is 3.04. The number of nitrogens with zero attached hydrogens (tertiary/aromatic N) is 3. The topological polar surface area (TPSA) is 33.1 Å². The molecule has 0 saturated carbocycles. The first-order valence-electron chi connectivity index (χ1n) is 8.31. The third kappa shape index (κ3) is 3.23. The number of aromatic nitrogens is 2. The van der Waals surface area contributed by atoms with E-state index in [0.29, 0.717) is 0 Å². The minimum atomic E-state index is 0.775. The summed E-state index contributed by atoms with van der Waals surface area (Å²) in [6.07, 6.45) is 13.9. The molecular formula is C16H28N4. The molecule has 2 aliphatic rings. The van der Waals surface area contributed by atoms with Crippen molar-refractivity contribution in [3.05, 3.63) is 18.7 Å². The van der Waals surface area contributed by atoms with Gasteiger partial charge in [0.25, 0.3) is 0 Å². The van der Waals surface area contributed by atoms with Crippen LogP contribution in [0.1, 0.15) is 45.4 Å². The third-order valence-corrected chi connectivity index (χ3v) is 4.96. The van der Waals surface area contributed by atoms with Crippen molar-refractivity contribution >= 4 is 0 Å². The molecule has 2 bridgehead atoms. The Balaban J connectivity index is 1.45. The van der Waals surface area contributed by atoms with Gasteiger partial charge in [-0.15, -0.1) is 0 Å². The van der Waals surface area contributed by atoms with Crippen LogP contribution in [0.4, 0.5) is 0 Å². The van der Waals surface area contributed by atoms with Crippen LogP contribution in [-0.2, 0) is 6.54 Å². The van der Waals surface area contributed by atoms with Crippen molar-refractivity contribution in [3.8, 4) is 0 Å². The van der Waals surface area contributed by atoms with Gasteiger partial charge in [0, 0.05) is 43.6 Å². The van der Waals surface area contributed by atoms with E-state index in [4.69, 9.17) is 0 Å². The average molecular weight is 276 g/mol. The molecule has 3 rings (SSSR count). The molecule has 4 nitrogen and oxygen atoms in total. The van der Waals surface area contributed by atoms with E-state index in [1.165, 1.54) is 51.6 Å². The number of hydrogen-bond acceptors (Lipinski definition) is 3. The van der Waals surface area contributed by atoms with E-state index in [0.717, 1.165) is 24.7 Å². The lowest BCUT2D eigenvalue weighted by Crippen LogP contribution is -2.49. The summed E-state index contributed by atoms with van der Waals surface area (Å²) in [5.41, 5.74) is 0. The predicted molar refractivity (Wildman–Crippen MR) is 81.7 cm³/mol. The Labute approximate surface area is 122 Å². The molecule has 3 heterocycles. The van der Waals surface area contributed by atoms with Crippen LogP contribution in [-0.4, -0.2) is 45.7 Å². The second-order valence-electron chi connectivity index (χ2n) is 6.40. The SMILES string of the molecule is CCCNC1CC2CCC(C1)N2CCCn1ccnc1. The molecular weight excluding hydrogens is 248 g/mol. The fourth-order valence-electron chi connectivity index (χ4n) is 4.01. The van der Waals surface area contributed by atoms with Crippen molar-refractivity contribution in [1.82, 2.24) is 19.8 Å². The minimum Gasteiger partial charge on any atom is -0.337 e. The zero-order chi connectivity index (χ0) is 13.8. The van der Waals surface area contributed by atoms with Crippen molar-refractivity contribution in [3.63, 3.8) is 0 Å². The molecule has 2 fully saturated rings. The van der Waals surface area contributed by atoms with E-state index in [2.05, 4.69) is 32.9 Å². The molecule has 0 radical (unpaired) electrons. The number of rotatable bonds is 7. The van der Waals surface area contributed by atoms with E-state index in [1.54, 1.807) is 0 Å². The number of imidazole rings is 1. The molecule has 0 amide bonds. The molecule has 20 heavy (non-hydrogen) atoms. The molecule has 2 saturated heterocycles. The zero-order valence-electron chi connectivity index (χ0n) is 12.7. The summed E-state index contributed by atoms with van der Waals surface area (Å²) >= 11 is 0. The summed E-state index contributed by atoms with van der Waals surface area (Å²) in [5.74, 6) is 0. The van der Waals surface area contributed by atoms with Crippen LogP contribution in [0.15, 0.2) is 18.7 Å². The highest BCUT2D eigenvalue weighted by atomic mass is 15.2. The summed E-state index contributed by atoms with van der Waals surface area (Å²) in [7, 11) is 0. The fraction of sp³-hybridized carbons (Fsp3) is 0.812. The van der Waals surface area contributed by atoms with Crippen molar-refractivity contribution < 1.29 is 0 Å². The van der Waals surface area contributed by atoms with E-state index in [9.17, 15) is 0 Å². The highest BCUT2D eigenvalue weighted by molar-refractivity contribution is 4.97. The maximum Gasteiger partial charge on any atom is 0.0945 e. The quantitative estimate of drug-likeness (QED) is 0.829. The Morgan fingerprint density at radius 2 is 2.00 bits per heavy atom. The van der Waals surface area contributed by atoms with Gasteiger partial charge in [0.05, 0.1) is 6.33 Å². The standard InChI is InChI=1S/C16H28N4/c1-2-6-18-14-11-15-4-5-16(12-14)20(15)9-3-8-19-10-7-17-13-19/h7,10,13-16,18H,2-6,8-9,11-12H2,1H3. The first-order chi connectivity index (χ1) is 9.86. The normalized spacial score (nSPS) is 29.9. The molecule has 112 valence electrons. The maximum atomic E-state index is 4.11. The molecule has 0 aromatic carbocycles. The molecule has 2 unspecified atom stereocenters. The van der Waals surface area contributed by atoms with E-state index in [1.807, 2.05) is 12.5 Å². The van der Waals surface area contributed by atoms with Gasteiger partial charge in [0.2, 0.25) is 0 Å². The molecule has 2 aliphatic heterocycles. The molecule has 4 heteroatoms. The number of nitrogens with one attached hydrogen (secondary N) is 1. The first-order valence-corrected chi connectivity index (χ1v) is 8.31. The van der Waals surface area contributed by atoms with Crippen LogP contribution in [0.5, 0.6) is 0 Å². The van der Waals surface area contributed by atoms with Gasteiger partial charge < -0.3 is 9.88 Å². The molecule has 1 aromatic heterocycles. The zero-order valence-corrected chi connectivity index (χ0v) is 12.7. The Bertz CT molecular complexity index is 375. The van der Waals surface area contributed by atoms with Gasteiger partial charge in [0.15, 0.2) is 0 Å². The Morgan fingerprint density at radius 1 is 1.20 bits per heavy atom. The van der Waals surface area contributed by atoms with Crippen LogP contribution in [0.3, 0.4) is 0 Å². The predicted octanol–water partition coefficient (Wildman–Crippen LogP) is 2.27.